The van der Waals surface area contributed by atoms with Gasteiger partial charge in [-0.3, -0.25) is 9.98 Å². The van der Waals surface area contributed by atoms with Gasteiger partial charge in [0.15, 0.2) is 12.6 Å². The van der Waals surface area contributed by atoms with E-state index in [1.54, 1.807) is 13.8 Å². The van der Waals surface area contributed by atoms with Crippen molar-refractivity contribution < 1.29 is 34.3 Å². The molecule has 0 spiro atoms. The van der Waals surface area contributed by atoms with Gasteiger partial charge in [0, 0.05) is 19.5 Å². The fourth-order valence-electron chi connectivity index (χ4n) is 5.73. The van der Waals surface area contributed by atoms with Crippen molar-refractivity contribution in [3.05, 3.63) is 0 Å². The average molecular weight is 599 g/mol. The van der Waals surface area contributed by atoms with Gasteiger partial charge in [-0.2, -0.15) is 0 Å². The Morgan fingerprint density at radius 2 is 1.24 bits per heavy atom. The van der Waals surface area contributed by atoms with E-state index in [0.717, 1.165) is 90.1 Å². The van der Waals surface area contributed by atoms with E-state index in [1.807, 2.05) is 6.21 Å². The van der Waals surface area contributed by atoms with E-state index in [4.69, 9.17) is 18.9 Å². The lowest BCUT2D eigenvalue weighted by molar-refractivity contribution is -0.253. The normalized spacial score (nSPS) is 29.3. The van der Waals surface area contributed by atoms with Gasteiger partial charge >= 0.3 is 0 Å². The first-order valence-corrected chi connectivity index (χ1v) is 16.9. The Morgan fingerprint density at radius 3 is 1.79 bits per heavy atom. The van der Waals surface area contributed by atoms with Crippen LogP contribution in [0.2, 0.25) is 0 Å². The van der Waals surface area contributed by atoms with Crippen LogP contribution in [-0.4, -0.2) is 96.1 Å². The molecule has 2 heterocycles. The van der Waals surface area contributed by atoms with Crippen LogP contribution < -0.4 is 0 Å². The predicted molar refractivity (Wildman–Crippen MR) is 168 cm³/mol. The number of ether oxygens (including phenoxy) is 4. The summed E-state index contributed by atoms with van der Waals surface area (Å²) in [5, 5.41) is 29.6. The van der Waals surface area contributed by atoms with E-state index in [1.165, 1.54) is 0 Å². The van der Waals surface area contributed by atoms with Gasteiger partial charge in [0.2, 0.25) is 0 Å². The molecule has 0 amide bonds. The van der Waals surface area contributed by atoms with Crippen molar-refractivity contribution in [3.63, 3.8) is 0 Å². The molecule has 0 radical (unpaired) electrons. The predicted octanol–water partition coefficient (Wildman–Crippen LogP) is 5.75. The summed E-state index contributed by atoms with van der Waals surface area (Å²) in [6, 6.07) is 0. The largest absolute Gasteiger partial charge is 0.393 e. The van der Waals surface area contributed by atoms with E-state index >= 15 is 0 Å². The summed E-state index contributed by atoms with van der Waals surface area (Å²) >= 11 is 0. The summed E-state index contributed by atoms with van der Waals surface area (Å²) in [7, 11) is 0. The maximum absolute atomic E-state index is 10.2. The number of unbranched alkanes of at least 4 members (excludes halogenated alkanes) is 5. The third-order valence-corrected chi connectivity index (χ3v) is 7.87. The fraction of sp³-hybridized carbons (Fsp3) is 0.939. The van der Waals surface area contributed by atoms with Gasteiger partial charge in [-0.1, -0.05) is 6.92 Å². The molecule has 2 rings (SSSR count). The Bertz CT molecular complexity index is 719. The van der Waals surface area contributed by atoms with Crippen LogP contribution in [0.15, 0.2) is 9.98 Å². The van der Waals surface area contributed by atoms with Crippen LogP contribution in [0.5, 0.6) is 0 Å². The Morgan fingerprint density at radius 1 is 0.690 bits per heavy atom. The Hall–Kier alpha value is -0.940. The maximum Gasteiger partial charge on any atom is 0.158 e. The molecule has 9 nitrogen and oxygen atoms in total. The summed E-state index contributed by atoms with van der Waals surface area (Å²) in [4.78, 5) is 9.12. The van der Waals surface area contributed by atoms with Crippen LogP contribution in [0, 0.1) is 0 Å². The highest BCUT2D eigenvalue weighted by Crippen LogP contribution is 2.28. The Labute approximate surface area is 255 Å². The topological polar surface area (TPSA) is 122 Å². The molecule has 42 heavy (non-hydrogen) atoms. The van der Waals surface area contributed by atoms with Crippen molar-refractivity contribution >= 4 is 12.4 Å². The molecule has 9 unspecified atom stereocenters. The molecule has 2 aliphatic rings. The van der Waals surface area contributed by atoms with Crippen molar-refractivity contribution in [2.75, 3.05) is 13.1 Å². The lowest BCUT2D eigenvalue weighted by Gasteiger charge is -2.37. The number of hydrogen-bond acceptors (Lipinski definition) is 9. The van der Waals surface area contributed by atoms with Crippen molar-refractivity contribution in [2.24, 2.45) is 9.98 Å². The molecule has 2 aliphatic heterocycles. The molecule has 0 saturated carbocycles. The van der Waals surface area contributed by atoms with Crippen LogP contribution in [0.1, 0.15) is 130 Å². The van der Waals surface area contributed by atoms with Gasteiger partial charge < -0.3 is 34.3 Å². The van der Waals surface area contributed by atoms with Gasteiger partial charge in [0.25, 0.3) is 0 Å². The smallest absolute Gasteiger partial charge is 0.158 e. The van der Waals surface area contributed by atoms with Crippen LogP contribution in [-0.2, 0) is 18.9 Å². The quantitative estimate of drug-likeness (QED) is 0.107. The summed E-state index contributed by atoms with van der Waals surface area (Å²) in [6.45, 7) is 9.45. The molecule has 0 aromatic rings. The second-order valence-corrected chi connectivity index (χ2v) is 12.5. The van der Waals surface area contributed by atoms with Gasteiger partial charge in [0.1, 0.15) is 0 Å². The standard InChI is InChI=1S/C33H62N2O7/c1-5-29-22-27(4)39-32(40-29)14-8-12-18-34-16-10-6-7-11-17-35-19-13-9-15-33-41-30(21-26(3)37)24-31(42-33)23-28(38)20-25(2)36/h16-17,25-33,36-38H,5-15,18-24H2,1-4H3. The van der Waals surface area contributed by atoms with Gasteiger partial charge in [-0.05, 0) is 130 Å². The summed E-state index contributed by atoms with van der Waals surface area (Å²) < 4.78 is 24.1. The first-order chi connectivity index (χ1) is 20.2. The minimum atomic E-state index is -0.604. The first kappa shape index (κ1) is 37.2. The molecule has 246 valence electrons. The zero-order valence-corrected chi connectivity index (χ0v) is 26.9. The van der Waals surface area contributed by atoms with Crippen molar-refractivity contribution in [1.29, 1.82) is 0 Å². The van der Waals surface area contributed by atoms with Gasteiger partial charge in [-0.25, -0.2) is 0 Å². The molecular formula is C33H62N2O7. The molecule has 9 heteroatoms. The third kappa shape index (κ3) is 18.0. The summed E-state index contributed by atoms with van der Waals surface area (Å²) in [5.41, 5.74) is 0. The van der Waals surface area contributed by atoms with E-state index in [0.29, 0.717) is 37.9 Å². The minimum absolute atomic E-state index is 0.0422. The average Bonchev–Trinajstić information content (AvgIpc) is 2.91. The lowest BCUT2D eigenvalue weighted by atomic mass is 9.98. The highest BCUT2D eigenvalue weighted by molar-refractivity contribution is 5.58. The number of aliphatic hydroxyl groups excluding tert-OH is 3. The van der Waals surface area contributed by atoms with Crippen LogP contribution >= 0.6 is 0 Å². The summed E-state index contributed by atoms with van der Waals surface area (Å²) in [5.74, 6) is 0. The zero-order chi connectivity index (χ0) is 30.6. The van der Waals surface area contributed by atoms with Crippen molar-refractivity contribution in [2.45, 2.75) is 186 Å². The van der Waals surface area contributed by atoms with Crippen LogP contribution in [0.3, 0.4) is 0 Å². The first-order valence-electron chi connectivity index (χ1n) is 16.9. The summed E-state index contributed by atoms with van der Waals surface area (Å²) in [6.07, 6.45) is 16.8. The monoisotopic (exact) mass is 598 g/mol. The van der Waals surface area contributed by atoms with Crippen LogP contribution in [0.25, 0.3) is 0 Å². The molecule has 0 aromatic heterocycles. The second-order valence-electron chi connectivity index (χ2n) is 12.5. The van der Waals surface area contributed by atoms with Crippen LogP contribution in [0.4, 0.5) is 0 Å². The van der Waals surface area contributed by atoms with E-state index in [9.17, 15) is 15.3 Å². The number of hydrogen-bond donors (Lipinski definition) is 3. The Kier molecular flexibility index (Phi) is 20.0. The molecule has 0 aliphatic carbocycles. The SMILES string of the molecule is CCC1CC(C)OC(CCCCN=CCCCCC=NCCCCC2OC(CC(C)O)CC(CC(O)CC(C)O)O2)O1. The highest BCUT2D eigenvalue weighted by atomic mass is 16.7. The van der Waals surface area contributed by atoms with Gasteiger partial charge in [-0.15, -0.1) is 0 Å². The van der Waals surface area contributed by atoms with E-state index < -0.39 is 18.3 Å². The van der Waals surface area contributed by atoms with Crippen molar-refractivity contribution in [1.82, 2.24) is 0 Å². The zero-order valence-electron chi connectivity index (χ0n) is 26.9. The molecule has 2 fully saturated rings. The van der Waals surface area contributed by atoms with E-state index in [-0.39, 0.29) is 24.8 Å². The number of rotatable bonds is 22. The second kappa shape index (κ2) is 22.6. The van der Waals surface area contributed by atoms with Crippen molar-refractivity contribution in [3.8, 4) is 0 Å². The third-order valence-electron chi connectivity index (χ3n) is 7.87. The molecule has 9 atom stereocenters. The number of aliphatic hydroxyl groups is 3. The fourth-order valence-corrected chi connectivity index (χ4v) is 5.73. The number of nitrogens with zero attached hydrogens (tertiary/aromatic N) is 2. The molecule has 3 N–H and O–H groups in total. The Balaban J connectivity index is 1.46. The molecule has 2 saturated heterocycles. The number of aliphatic imine (C=N–C) groups is 2. The van der Waals surface area contributed by atoms with Gasteiger partial charge in [0.05, 0.1) is 42.7 Å². The lowest BCUT2D eigenvalue weighted by Crippen LogP contribution is -2.41. The maximum atomic E-state index is 10.2. The molecule has 0 aromatic carbocycles. The molecule has 0 bridgehead atoms. The highest BCUT2D eigenvalue weighted by Gasteiger charge is 2.32. The van der Waals surface area contributed by atoms with E-state index in [2.05, 4.69) is 30.0 Å². The minimum Gasteiger partial charge on any atom is -0.393 e. The molecular weight excluding hydrogens is 536 g/mol.